The van der Waals surface area contributed by atoms with Gasteiger partial charge in [-0.3, -0.25) is 9.58 Å². The van der Waals surface area contributed by atoms with Crippen LogP contribution in [0.3, 0.4) is 0 Å². The van der Waals surface area contributed by atoms with E-state index in [0.29, 0.717) is 35.1 Å². The van der Waals surface area contributed by atoms with Gasteiger partial charge in [-0.25, -0.2) is 4.98 Å². The summed E-state index contributed by atoms with van der Waals surface area (Å²) in [5.74, 6) is 0.868. The first-order valence-electron chi connectivity index (χ1n) is 12.7. The minimum Gasteiger partial charge on any atom is -0.402 e. The second-order valence-electron chi connectivity index (χ2n) is 11.3. The molecule has 0 amide bonds. The van der Waals surface area contributed by atoms with Gasteiger partial charge in [-0.2, -0.15) is 5.10 Å². The molecule has 4 atom stereocenters. The Hall–Kier alpha value is -2.37. The van der Waals surface area contributed by atoms with Crippen LogP contribution in [0.4, 0.5) is 19.0 Å². The SMILES string of the molecule is CC(C)n1nc(-c2cnc(N)c(OC(F)(F)F)c2)cc1C1[C@H]2CC(N3CC4(CN(C)CCO4)C3)C[C@@H]12. The van der Waals surface area contributed by atoms with E-state index < -0.39 is 12.1 Å². The quantitative estimate of drug-likeness (QED) is 0.665. The number of alkyl halides is 3. The van der Waals surface area contributed by atoms with Crippen molar-refractivity contribution >= 4 is 5.82 Å². The third-order valence-electron chi connectivity index (χ3n) is 8.36. The van der Waals surface area contributed by atoms with Crippen molar-refractivity contribution in [2.24, 2.45) is 11.8 Å². The summed E-state index contributed by atoms with van der Waals surface area (Å²) in [7, 11) is 2.17. The molecule has 11 heteroatoms. The number of nitrogen functional groups attached to an aromatic ring is 1. The Labute approximate surface area is 208 Å². The van der Waals surface area contributed by atoms with Crippen molar-refractivity contribution in [3.8, 4) is 17.0 Å². The standard InChI is InChI=1S/C25H33F3N6O2/c1-14(2)34-20(9-19(31-34)15-6-21(23(29)30-10-15)36-25(26,27)28)22-17-7-16(8-18(17)22)33-12-24(13-33)11-32(3)4-5-35-24/h6,9-10,14,16-18,22H,4-5,7-8,11-13H2,1-3H3,(H2,29,30)/t16?,17-,18+,22?. The average Bonchev–Trinajstić information content (AvgIpc) is 3.12. The first kappa shape index (κ1) is 24.0. The molecule has 4 heterocycles. The highest BCUT2D eigenvalue weighted by molar-refractivity contribution is 5.64. The number of hydrogen-bond donors (Lipinski definition) is 1. The lowest BCUT2D eigenvalue weighted by molar-refractivity contribution is -0.274. The minimum atomic E-state index is -4.84. The number of morpholine rings is 1. The molecule has 0 aromatic carbocycles. The van der Waals surface area contributed by atoms with Gasteiger partial charge in [-0.05, 0) is 57.7 Å². The highest BCUT2D eigenvalue weighted by Gasteiger charge is 2.61. The van der Waals surface area contributed by atoms with E-state index in [1.54, 1.807) is 0 Å². The third kappa shape index (κ3) is 4.24. The van der Waals surface area contributed by atoms with E-state index in [2.05, 4.69) is 40.4 Å². The molecule has 8 nitrogen and oxygen atoms in total. The Balaban J connectivity index is 1.15. The monoisotopic (exact) mass is 506 g/mol. The molecule has 196 valence electrons. The number of ether oxygens (including phenoxy) is 2. The number of pyridine rings is 1. The first-order chi connectivity index (χ1) is 17.0. The zero-order valence-corrected chi connectivity index (χ0v) is 20.8. The summed E-state index contributed by atoms with van der Waals surface area (Å²) < 4.78 is 50.5. The van der Waals surface area contributed by atoms with Crippen LogP contribution >= 0.6 is 0 Å². The second-order valence-corrected chi connectivity index (χ2v) is 11.3. The van der Waals surface area contributed by atoms with E-state index in [1.165, 1.54) is 25.1 Å². The first-order valence-corrected chi connectivity index (χ1v) is 12.7. The maximum absolute atomic E-state index is 12.8. The molecule has 36 heavy (non-hydrogen) atoms. The highest BCUT2D eigenvalue weighted by atomic mass is 19.4. The Morgan fingerprint density at radius 1 is 1.17 bits per heavy atom. The van der Waals surface area contributed by atoms with Crippen LogP contribution in [0.5, 0.6) is 5.75 Å². The van der Waals surface area contributed by atoms with Gasteiger partial charge >= 0.3 is 6.36 Å². The summed E-state index contributed by atoms with van der Waals surface area (Å²) >= 11 is 0. The molecule has 0 bridgehead atoms. The zero-order valence-electron chi connectivity index (χ0n) is 20.8. The number of hydrogen-bond acceptors (Lipinski definition) is 7. The molecule has 2 N–H and O–H groups in total. The van der Waals surface area contributed by atoms with Crippen molar-refractivity contribution in [1.82, 2.24) is 24.6 Å². The van der Waals surface area contributed by atoms with Crippen LogP contribution in [0.1, 0.15) is 44.3 Å². The fourth-order valence-electron chi connectivity index (χ4n) is 6.74. The number of rotatable bonds is 5. The third-order valence-corrected chi connectivity index (χ3v) is 8.36. The topological polar surface area (TPSA) is 81.7 Å². The van der Waals surface area contributed by atoms with Crippen molar-refractivity contribution in [3.05, 3.63) is 24.0 Å². The summed E-state index contributed by atoms with van der Waals surface area (Å²) in [6.07, 6.45) is -1.04. The predicted octanol–water partition coefficient (Wildman–Crippen LogP) is 3.52. The molecular weight excluding hydrogens is 473 g/mol. The van der Waals surface area contributed by atoms with Crippen LogP contribution in [-0.4, -0.2) is 82.4 Å². The van der Waals surface area contributed by atoms with Gasteiger partial charge in [-0.1, -0.05) is 0 Å². The van der Waals surface area contributed by atoms with Crippen molar-refractivity contribution in [2.45, 2.75) is 56.7 Å². The Bertz CT molecular complexity index is 1130. The van der Waals surface area contributed by atoms with Gasteiger partial charge in [-0.15, -0.1) is 13.2 Å². The summed E-state index contributed by atoms with van der Waals surface area (Å²) in [6, 6.07) is 4.01. The number of likely N-dealkylation sites (N-methyl/N-ethyl adjacent to an activating group) is 1. The average molecular weight is 507 g/mol. The summed E-state index contributed by atoms with van der Waals surface area (Å²) in [5, 5.41) is 4.75. The fraction of sp³-hybridized carbons (Fsp3) is 0.680. The van der Waals surface area contributed by atoms with Crippen molar-refractivity contribution in [2.75, 3.05) is 45.6 Å². The molecular formula is C25H33F3N6O2. The van der Waals surface area contributed by atoms with Crippen LogP contribution < -0.4 is 10.5 Å². The van der Waals surface area contributed by atoms with Gasteiger partial charge in [0.15, 0.2) is 11.6 Å². The van der Waals surface area contributed by atoms with Gasteiger partial charge in [0.2, 0.25) is 0 Å². The number of aromatic nitrogens is 3. The number of fused-ring (bicyclic) bond motifs is 1. The molecule has 2 aliphatic carbocycles. The number of likely N-dealkylation sites (tertiary alicyclic amines) is 1. The minimum absolute atomic E-state index is 0.0200. The van der Waals surface area contributed by atoms with Crippen LogP contribution in [0.25, 0.3) is 11.3 Å². The van der Waals surface area contributed by atoms with Crippen LogP contribution in [0, 0.1) is 11.8 Å². The molecule has 0 radical (unpaired) electrons. The highest BCUT2D eigenvalue weighted by Crippen LogP contribution is 2.64. The zero-order chi connectivity index (χ0) is 25.4. The lowest BCUT2D eigenvalue weighted by Crippen LogP contribution is -2.71. The van der Waals surface area contributed by atoms with Crippen molar-refractivity contribution in [1.29, 1.82) is 0 Å². The summed E-state index contributed by atoms with van der Waals surface area (Å²) in [6.45, 7) is 9.02. The lowest BCUT2D eigenvalue weighted by atomic mass is 9.88. The molecule has 4 aliphatic rings. The van der Waals surface area contributed by atoms with Crippen LogP contribution in [0.2, 0.25) is 0 Å². The van der Waals surface area contributed by atoms with Gasteiger partial charge in [0, 0.05) is 61.6 Å². The number of nitrogens with two attached hydrogens (primary N) is 1. The fourth-order valence-corrected chi connectivity index (χ4v) is 6.74. The van der Waals surface area contributed by atoms with Gasteiger partial charge in [0.25, 0.3) is 0 Å². The van der Waals surface area contributed by atoms with E-state index in [9.17, 15) is 13.2 Å². The van der Waals surface area contributed by atoms with Gasteiger partial charge in [0.1, 0.15) is 5.60 Å². The van der Waals surface area contributed by atoms with E-state index in [4.69, 9.17) is 15.6 Å². The Morgan fingerprint density at radius 2 is 1.89 bits per heavy atom. The Kier molecular flexibility index (Phi) is 5.55. The lowest BCUT2D eigenvalue weighted by Gasteiger charge is -2.55. The largest absolute Gasteiger partial charge is 0.573 e. The molecule has 2 saturated heterocycles. The number of halogens is 3. The second kappa shape index (κ2) is 8.32. The van der Waals surface area contributed by atoms with E-state index in [-0.39, 0.29) is 17.5 Å². The van der Waals surface area contributed by atoms with E-state index >= 15 is 0 Å². The summed E-state index contributed by atoms with van der Waals surface area (Å²) in [5.41, 5.74) is 7.82. The maximum Gasteiger partial charge on any atom is 0.573 e. The molecule has 6 rings (SSSR count). The maximum atomic E-state index is 12.8. The molecule has 2 aliphatic heterocycles. The van der Waals surface area contributed by atoms with E-state index in [1.807, 2.05) is 10.7 Å². The smallest absolute Gasteiger partial charge is 0.402 e. The van der Waals surface area contributed by atoms with Crippen molar-refractivity contribution in [3.63, 3.8) is 0 Å². The molecule has 2 aromatic heterocycles. The van der Waals surface area contributed by atoms with Crippen LogP contribution in [0.15, 0.2) is 18.3 Å². The van der Waals surface area contributed by atoms with Crippen molar-refractivity contribution < 1.29 is 22.6 Å². The van der Waals surface area contributed by atoms with Gasteiger partial charge in [0.05, 0.1) is 12.3 Å². The molecule has 2 aromatic rings. The molecule has 2 unspecified atom stereocenters. The number of anilines is 1. The number of nitrogens with zero attached hydrogens (tertiary/aromatic N) is 5. The molecule has 2 saturated carbocycles. The molecule has 1 spiro atoms. The normalized spacial score (nSPS) is 30.0. The van der Waals surface area contributed by atoms with Crippen LogP contribution in [-0.2, 0) is 4.74 Å². The van der Waals surface area contributed by atoms with E-state index in [0.717, 1.165) is 38.5 Å². The van der Waals surface area contributed by atoms with Gasteiger partial charge < -0.3 is 20.1 Å². The Morgan fingerprint density at radius 3 is 2.53 bits per heavy atom. The molecule has 4 fully saturated rings. The predicted molar refractivity (Wildman–Crippen MR) is 127 cm³/mol. The summed E-state index contributed by atoms with van der Waals surface area (Å²) in [4.78, 5) is 8.87.